The molecule has 4 rings (SSSR count). The third-order valence-electron chi connectivity index (χ3n) is 5.09. The van der Waals surface area contributed by atoms with Crippen molar-refractivity contribution in [1.82, 2.24) is 25.1 Å². The first kappa shape index (κ1) is 23.9. The second-order valence-electron chi connectivity index (χ2n) is 7.50. The van der Waals surface area contributed by atoms with Gasteiger partial charge in [0.15, 0.2) is 0 Å². The average molecular weight is 494 g/mol. The van der Waals surface area contributed by atoms with E-state index >= 15 is 0 Å². The molecule has 0 saturated carbocycles. The summed E-state index contributed by atoms with van der Waals surface area (Å²) in [6, 6.07) is 18.2. The molecule has 4 aromatic rings. The molecule has 2 aromatic carbocycles. The topological polar surface area (TPSA) is 121 Å². The molecule has 0 saturated heterocycles. The summed E-state index contributed by atoms with van der Waals surface area (Å²) in [5.74, 6) is -1.96. The van der Waals surface area contributed by atoms with Crippen LogP contribution < -0.4 is 10.9 Å². The Kier molecular flexibility index (Phi) is 6.80. The molecule has 9 nitrogen and oxygen atoms in total. The van der Waals surface area contributed by atoms with Crippen molar-refractivity contribution in [3.63, 3.8) is 0 Å². The molecule has 0 unspecified atom stereocenters. The highest BCUT2D eigenvalue weighted by Crippen LogP contribution is 2.23. The molecule has 0 aliphatic carbocycles. The van der Waals surface area contributed by atoms with Gasteiger partial charge in [0.25, 0.3) is 11.8 Å². The molecule has 0 radical (unpaired) electrons. The van der Waals surface area contributed by atoms with Gasteiger partial charge in [-0.1, -0.05) is 24.3 Å². The summed E-state index contributed by atoms with van der Waals surface area (Å²) in [7, 11) is -2.82. The second kappa shape index (κ2) is 9.95. The number of hydrogen-bond acceptors (Lipinski definition) is 6. The van der Waals surface area contributed by atoms with E-state index in [1.54, 1.807) is 54.7 Å². The Bertz CT molecular complexity index is 1500. The molecule has 0 bridgehead atoms. The molecular weight excluding hydrogens is 473 g/mol. The van der Waals surface area contributed by atoms with Crippen molar-refractivity contribution in [1.29, 1.82) is 0 Å². The van der Waals surface area contributed by atoms with Crippen LogP contribution in [0.5, 0.6) is 0 Å². The van der Waals surface area contributed by atoms with Crippen LogP contribution in [0.4, 0.5) is 4.39 Å². The van der Waals surface area contributed by atoms with Crippen molar-refractivity contribution in [2.45, 2.75) is 4.90 Å². The number of nitrogens with zero attached hydrogens (tertiary/aromatic N) is 3. The summed E-state index contributed by atoms with van der Waals surface area (Å²) in [6.07, 6.45) is 1.61. The molecule has 11 heteroatoms. The summed E-state index contributed by atoms with van der Waals surface area (Å²) in [5, 5.41) is 0.565. The molecule has 0 fully saturated rings. The van der Waals surface area contributed by atoms with Crippen molar-refractivity contribution in [2.24, 2.45) is 0 Å². The number of para-hydroxylation sites is 1. The fourth-order valence-electron chi connectivity index (χ4n) is 3.32. The summed E-state index contributed by atoms with van der Waals surface area (Å²) in [4.78, 5) is 34.0. The Labute approximate surface area is 200 Å². The molecule has 0 atom stereocenters. The van der Waals surface area contributed by atoms with E-state index < -0.39 is 34.2 Å². The van der Waals surface area contributed by atoms with E-state index in [0.717, 1.165) is 28.6 Å². The predicted molar refractivity (Wildman–Crippen MR) is 127 cm³/mol. The monoisotopic (exact) mass is 493 g/mol. The maximum absolute atomic E-state index is 13.1. The van der Waals surface area contributed by atoms with Crippen LogP contribution in [0.3, 0.4) is 0 Å². The Morgan fingerprint density at radius 3 is 2.37 bits per heavy atom. The highest BCUT2D eigenvalue weighted by molar-refractivity contribution is 7.89. The lowest BCUT2D eigenvalue weighted by Gasteiger charge is -2.17. The van der Waals surface area contributed by atoms with Gasteiger partial charge in [0.1, 0.15) is 5.82 Å². The average Bonchev–Trinajstić information content (AvgIpc) is 2.87. The minimum absolute atomic E-state index is 0.163. The zero-order chi connectivity index (χ0) is 25.0. The normalized spacial score (nSPS) is 11.4. The quantitative estimate of drug-likeness (QED) is 0.398. The number of amides is 2. The van der Waals surface area contributed by atoms with Crippen LogP contribution in [0, 0.1) is 5.82 Å². The number of pyridine rings is 2. The molecule has 2 amide bonds. The Balaban J connectivity index is 1.49. The van der Waals surface area contributed by atoms with Gasteiger partial charge in [-0.05, 0) is 48.5 Å². The highest BCUT2D eigenvalue weighted by atomic mass is 32.2. The fraction of sp³-hybridized carbons (Fsp3) is 0.0833. The smallest absolute Gasteiger partial charge is 0.270 e. The van der Waals surface area contributed by atoms with Crippen LogP contribution in [0.1, 0.15) is 10.4 Å². The number of halogens is 1. The van der Waals surface area contributed by atoms with Crippen LogP contribution in [-0.2, 0) is 14.8 Å². The zero-order valence-electron chi connectivity index (χ0n) is 18.5. The van der Waals surface area contributed by atoms with E-state index in [-0.39, 0.29) is 10.5 Å². The number of sulfonamides is 1. The van der Waals surface area contributed by atoms with Crippen molar-refractivity contribution in [2.75, 3.05) is 13.6 Å². The number of nitrogens with one attached hydrogen (secondary N) is 2. The van der Waals surface area contributed by atoms with Crippen LogP contribution in [-0.4, -0.2) is 48.1 Å². The Morgan fingerprint density at radius 2 is 1.66 bits per heavy atom. The first-order chi connectivity index (χ1) is 16.8. The van der Waals surface area contributed by atoms with Crippen LogP contribution in [0.15, 0.2) is 83.9 Å². The third kappa shape index (κ3) is 5.31. The van der Waals surface area contributed by atoms with E-state index in [1.165, 1.54) is 7.05 Å². The molecule has 2 heterocycles. The molecule has 0 aliphatic rings. The van der Waals surface area contributed by atoms with Crippen LogP contribution >= 0.6 is 0 Å². The van der Waals surface area contributed by atoms with Gasteiger partial charge in [-0.3, -0.25) is 25.4 Å². The molecular formula is C24H20FN5O4S. The van der Waals surface area contributed by atoms with Crippen LogP contribution in [0.25, 0.3) is 22.3 Å². The van der Waals surface area contributed by atoms with Gasteiger partial charge in [0, 0.05) is 18.6 Å². The standard InChI is InChI=1S/C24H20FN5O4S/c1-30(35(33,34)17-11-9-16(25)10-12-17)15-23(31)28-29-24(32)19-14-22(21-8-4-5-13-26-21)27-20-7-3-2-6-18(19)20/h2-14H,15H2,1H3,(H,28,31)(H,29,32). The minimum Gasteiger partial charge on any atom is -0.272 e. The number of hydrazine groups is 1. The minimum atomic E-state index is -4.03. The fourth-order valence-corrected chi connectivity index (χ4v) is 4.44. The molecule has 35 heavy (non-hydrogen) atoms. The maximum atomic E-state index is 13.1. The molecule has 178 valence electrons. The zero-order valence-corrected chi connectivity index (χ0v) is 19.3. The number of rotatable bonds is 6. The Morgan fingerprint density at radius 1 is 0.943 bits per heavy atom. The van der Waals surface area contributed by atoms with Gasteiger partial charge in [-0.2, -0.15) is 4.31 Å². The summed E-state index contributed by atoms with van der Waals surface area (Å²) >= 11 is 0. The predicted octanol–water partition coefficient (Wildman–Crippen LogP) is 2.52. The lowest BCUT2D eigenvalue weighted by atomic mass is 10.1. The van der Waals surface area contributed by atoms with E-state index in [9.17, 15) is 22.4 Å². The lowest BCUT2D eigenvalue weighted by molar-refractivity contribution is -0.121. The van der Waals surface area contributed by atoms with Crippen molar-refractivity contribution < 1.29 is 22.4 Å². The number of hydrogen-bond donors (Lipinski definition) is 2. The van der Waals surface area contributed by atoms with Gasteiger partial charge >= 0.3 is 0 Å². The largest absolute Gasteiger partial charge is 0.272 e. The van der Waals surface area contributed by atoms with Crippen molar-refractivity contribution in [3.05, 3.63) is 90.4 Å². The number of benzene rings is 2. The van der Waals surface area contributed by atoms with Crippen molar-refractivity contribution >= 4 is 32.7 Å². The van der Waals surface area contributed by atoms with Crippen LogP contribution in [0.2, 0.25) is 0 Å². The molecule has 2 N–H and O–H groups in total. The first-order valence-electron chi connectivity index (χ1n) is 10.4. The number of fused-ring (bicyclic) bond motifs is 1. The van der Waals surface area contributed by atoms with Gasteiger partial charge < -0.3 is 0 Å². The van der Waals surface area contributed by atoms with Gasteiger partial charge in [0.05, 0.1) is 33.9 Å². The number of likely N-dealkylation sites (N-methyl/N-ethyl adjacent to an activating group) is 1. The SMILES string of the molecule is CN(CC(=O)NNC(=O)c1cc(-c2ccccn2)nc2ccccc12)S(=O)(=O)c1ccc(F)cc1. The maximum Gasteiger partial charge on any atom is 0.270 e. The highest BCUT2D eigenvalue weighted by Gasteiger charge is 2.23. The molecule has 0 aliphatic heterocycles. The molecule has 0 spiro atoms. The van der Waals surface area contributed by atoms with E-state index in [2.05, 4.69) is 20.8 Å². The third-order valence-corrected chi connectivity index (χ3v) is 6.91. The van der Waals surface area contributed by atoms with Crippen molar-refractivity contribution in [3.8, 4) is 11.4 Å². The second-order valence-corrected chi connectivity index (χ2v) is 9.55. The van der Waals surface area contributed by atoms with Gasteiger partial charge in [-0.25, -0.2) is 17.8 Å². The van der Waals surface area contributed by atoms with Gasteiger partial charge in [-0.15, -0.1) is 0 Å². The number of carbonyl (C=O) groups is 2. The molecule has 2 aromatic heterocycles. The lowest BCUT2D eigenvalue weighted by Crippen LogP contribution is -2.46. The summed E-state index contributed by atoms with van der Waals surface area (Å²) in [5.41, 5.74) is 6.41. The Hall–Kier alpha value is -4.22. The van der Waals surface area contributed by atoms with E-state index in [0.29, 0.717) is 22.3 Å². The van der Waals surface area contributed by atoms with Gasteiger partial charge in [0.2, 0.25) is 10.0 Å². The number of aromatic nitrogens is 2. The van der Waals surface area contributed by atoms with E-state index in [4.69, 9.17) is 0 Å². The number of carbonyl (C=O) groups excluding carboxylic acids is 2. The summed E-state index contributed by atoms with van der Waals surface area (Å²) in [6.45, 7) is -0.573. The first-order valence-corrected chi connectivity index (χ1v) is 11.8. The van der Waals surface area contributed by atoms with E-state index in [1.807, 2.05) is 0 Å². The summed E-state index contributed by atoms with van der Waals surface area (Å²) < 4.78 is 39.1.